The molecule has 0 spiro atoms. The van der Waals surface area contributed by atoms with E-state index in [0.29, 0.717) is 21.4 Å². The maximum atomic E-state index is 12.2. The Kier molecular flexibility index (Phi) is 4.23. The Morgan fingerprint density at radius 1 is 1.37 bits per heavy atom. The number of pyridine rings is 1. The molecule has 0 aliphatic carbocycles. The van der Waals surface area contributed by atoms with Crippen LogP contribution in [0.4, 0.5) is 11.5 Å². The predicted octanol–water partition coefficient (Wildman–Crippen LogP) is 3.28. The first-order valence-electron chi connectivity index (χ1n) is 5.33. The molecule has 5 nitrogen and oxygen atoms in total. The van der Waals surface area contributed by atoms with Crippen LogP contribution in [0.25, 0.3) is 0 Å². The number of nitrogens with zero attached hydrogens (tertiary/aromatic N) is 3. The molecule has 0 saturated heterocycles. The standard InChI is InChI=1S/C11H11BrClN4OP/c1-19(2,18)10-8(4-3-5-14-10)16-9-7(12)6-15-11(13)17-9/h3-6H,1-2H3,(H,15,16,17). The first kappa shape index (κ1) is 14.4. The Balaban J connectivity index is 2.44. The minimum atomic E-state index is -2.48. The Morgan fingerprint density at radius 2 is 2.11 bits per heavy atom. The van der Waals surface area contributed by atoms with Gasteiger partial charge in [0.2, 0.25) is 5.28 Å². The quantitative estimate of drug-likeness (QED) is 0.671. The number of hydrogen-bond donors (Lipinski definition) is 1. The summed E-state index contributed by atoms with van der Waals surface area (Å²) in [5.74, 6) is 0.503. The van der Waals surface area contributed by atoms with Crippen LogP contribution in [0.15, 0.2) is 29.0 Å². The molecule has 0 saturated carbocycles. The van der Waals surface area contributed by atoms with Gasteiger partial charge in [-0.15, -0.1) is 0 Å². The minimum Gasteiger partial charge on any atom is -0.337 e. The summed E-state index contributed by atoms with van der Waals surface area (Å²) in [5.41, 5.74) is 1.17. The average Bonchev–Trinajstić information content (AvgIpc) is 2.33. The zero-order valence-corrected chi connectivity index (χ0v) is 13.5. The zero-order chi connectivity index (χ0) is 14.0. The molecule has 0 fully saturated rings. The molecule has 2 aromatic heterocycles. The summed E-state index contributed by atoms with van der Waals surface area (Å²) in [6, 6.07) is 3.56. The monoisotopic (exact) mass is 360 g/mol. The number of hydrogen-bond acceptors (Lipinski definition) is 5. The van der Waals surface area contributed by atoms with Gasteiger partial charge in [0.15, 0.2) is 0 Å². The van der Waals surface area contributed by atoms with Crippen LogP contribution in [0.5, 0.6) is 0 Å². The van der Waals surface area contributed by atoms with Crippen molar-refractivity contribution in [1.29, 1.82) is 0 Å². The van der Waals surface area contributed by atoms with Gasteiger partial charge in [-0.05, 0) is 53.0 Å². The number of rotatable bonds is 3. The van der Waals surface area contributed by atoms with E-state index in [4.69, 9.17) is 11.6 Å². The molecule has 100 valence electrons. The predicted molar refractivity (Wildman–Crippen MR) is 81.4 cm³/mol. The summed E-state index contributed by atoms with van der Waals surface area (Å²) in [4.78, 5) is 12.1. The van der Waals surface area contributed by atoms with E-state index in [1.165, 1.54) is 0 Å². The van der Waals surface area contributed by atoms with Crippen LogP contribution in [0.1, 0.15) is 0 Å². The van der Waals surface area contributed by atoms with Crippen molar-refractivity contribution in [2.45, 2.75) is 0 Å². The van der Waals surface area contributed by atoms with Crippen LogP contribution in [0.2, 0.25) is 5.28 Å². The van der Waals surface area contributed by atoms with Crippen molar-refractivity contribution in [3.63, 3.8) is 0 Å². The second kappa shape index (κ2) is 5.57. The fourth-order valence-corrected chi connectivity index (χ4v) is 2.96. The molecule has 0 amide bonds. The maximum absolute atomic E-state index is 12.2. The molecule has 2 heterocycles. The van der Waals surface area contributed by atoms with Crippen molar-refractivity contribution in [1.82, 2.24) is 15.0 Å². The molecule has 0 radical (unpaired) electrons. The highest BCUT2D eigenvalue weighted by atomic mass is 79.9. The van der Waals surface area contributed by atoms with E-state index in [-0.39, 0.29) is 5.28 Å². The molecule has 0 bridgehead atoms. The number of anilines is 2. The molecule has 2 rings (SSSR count). The van der Waals surface area contributed by atoms with Crippen molar-refractivity contribution in [2.24, 2.45) is 0 Å². The maximum Gasteiger partial charge on any atom is 0.224 e. The number of aromatic nitrogens is 3. The van der Waals surface area contributed by atoms with Gasteiger partial charge in [0, 0.05) is 12.4 Å². The molecule has 0 aliphatic heterocycles. The van der Waals surface area contributed by atoms with E-state index in [9.17, 15) is 4.57 Å². The number of halogens is 2. The van der Waals surface area contributed by atoms with E-state index < -0.39 is 7.14 Å². The largest absolute Gasteiger partial charge is 0.337 e. The molecule has 0 unspecified atom stereocenters. The van der Waals surface area contributed by atoms with Crippen LogP contribution in [0.3, 0.4) is 0 Å². The van der Waals surface area contributed by atoms with E-state index in [1.807, 2.05) is 0 Å². The van der Waals surface area contributed by atoms with Gasteiger partial charge in [-0.2, -0.15) is 4.98 Å². The van der Waals surface area contributed by atoms with Gasteiger partial charge in [-0.3, -0.25) is 4.98 Å². The Morgan fingerprint density at radius 3 is 2.79 bits per heavy atom. The van der Waals surface area contributed by atoms with E-state index in [1.54, 1.807) is 37.9 Å². The number of nitrogens with one attached hydrogen (secondary N) is 1. The Labute approximate surface area is 124 Å². The fraction of sp³-hybridized carbons (Fsp3) is 0.182. The molecular weight excluding hydrogens is 350 g/mol. The summed E-state index contributed by atoms with van der Waals surface area (Å²) >= 11 is 9.09. The first-order valence-corrected chi connectivity index (χ1v) is 9.11. The SMILES string of the molecule is CP(C)(=O)c1ncccc1Nc1nc(Cl)ncc1Br. The second-order valence-electron chi connectivity index (χ2n) is 4.19. The van der Waals surface area contributed by atoms with Gasteiger partial charge >= 0.3 is 0 Å². The van der Waals surface area contributed by atoms with Crippen molar-refractivity contribution >= 4 is 51.6 Å². The van der Waals surface area contributed by atoms with Crippen molar-refractivity contribution in [2.75, 3.05) is 18.6 Å². The summed E-state index contributed by atoms with van der Waals surface area (Å²) < 4.78 is 12.9. The Hall–Kier alpha value is -0.970. The topological polar surface area (TPSA) is 67.8 Å². The lowest BCUT2D eigenvalue weighted by atomic mass is 10.4. The van der Waals surface area contributed by atoms with Crippen molar-refractivity contribution < 1.29 is 4.57 Å². The lowest BCUT2D eigenvalue weighted by Crippen LogP contribution is -2.14. The molecule has 0 aliphatic rings. The van der Waals surface area contributed by atoms with Crippen molar-refractivity contribution in [3.8, 4) is 0 Å². The highest BCUT2D eigenvalue weighted by Crippen LogP contribution is 2.37. The normalized spacial score (nSPS) is 11.4. The molecule has 0 aromatic carbocycles. The van der Waals surface area contributed by atoms with Crippen LogP contribution < -0.4 is 10.8 Å². The molecule has 2 aromatic rings. The van der Waals surface area contributed by atoms with E-state index in [2.05, 4.69) is 36.2 Å². The zero-order valence-electron chi connectivity index (χ0n) is 10.3. The van der Waals surface area contributed by atoms with Gasteiger partial charge in [0.25, 0.3) is 0 Å². The molecule has 19 heavy (non-hydrogen) atoms. The molecule has 1 N–H and O–H groups in total. The lowest BCUT2D eigenvalue weighted by Gasteiger charge is -2.13. The summed E-state index contributed by atoms with van der Waals surface area (Å²) in [6.45, 7) is 3.34. The van der Waals surface area contributed by atoms with E-state index in [0.717, 1.165) is 0 Å². The van der Waals surface area contributed by atoms with Gasteiger partial charge in [-0.25, -0.2) is 4.98 Å². The molecule has 8 heteroatoms. The molecular formula is C11H11BrClN4OP. The minimum absolute atomic E-state index is 0.132. The highest BCUT2D eigenvalue weighted by molar-refractivity contribution is 9.10. The summed E-state index contributed by atoms with van der Waals surface area (Å²) in [5, 5.41) is 3.20. The fourth-order valence-electron chi connectivity index (χ4n) is 1.48. The highest BCUT2D eigenvalue weighted by Gasteiger charge is 2.18. The van der Waals surface area contributed by atoms with Crippen LogP contribution in [-0.4, -0.2) is 28.3 Å². The first-order chi connectivity index (χ1) is 8.88. The summed E-state index contributed by atoms with van der Waals surface area (Å²) in [6.07, 6.45) is 3.16. The third-order valence-electron chi connectivity index (χ3n) is 2.26. The smallest absolute Gasteiger partial charge is 0.224 e. The average molecular weight is 362 g/mol. The van der Waals surface area contributed by atoms with Crippen LogP contribution in [0, 0.1) is 0 Å². The second-order valence-corrected chi connectivity index (χ2v) is 8.50. The van der Waals surface area contributed by atoms with E-state index >= 15 is 0 Å². The molecule has 0 atom stereocenters. The summed E-state index contributed by atoms with van der Waals surface area (Å²) in [7, 11) is -2.48. The van der Waals surface area contributed by atoms with Gasteiger partial charge in [0.1, 0.15) is 18.4 Å². The van der Waals surface area contributed by atoms with Crippen LogP contribution in [-0.2, 0) is 4.57 Å². The van der Waals surface area contributed by atoms with Gasteiger partial charge in [0.05, 0.1) is 10.2 Å². The lowest BCUT2D eigenvalue weighted by molar-refractivity contribution is 0.588. The Bertz CT molecular complexity index is 661. The third-order valence-corrected chi connectivity index (χ3v) is 4.40. The third kappa shape index (κ3) is 3.53. The van der Waals surface area contributed by atoms with Crippen LogP contribution >= 0.6 is 34.7 Å². The van der Waals surface area contributed by atoms with Gasteiger partial charge in [-0.1, -0.05) is 0 Å². The van der Waals surface area contributed by atoms with Crippen molar-refractivity contribution in [3.05, 3.63) is 34.3 Å². The van der Waals surface area contributed by atoms with Gasteiger partial charge < -0.3 is 9.88 Å².